The zero-order valence-electron chi connectivity index (χ0n) is 12.0. The summed E-state index contributed by atoms with van der Waals surface area (Å²) in [7, 11) is 0. The van der Waals surface area contributed by atoms with Gasteiger partial charge in [0, 0.05) is 23.5 Å². The fraction of sp³-hybridized carbons (Fsp3) is 0.571. The first kappa shape index (κ1) is 14.0. The number of nitrogens with zero attached hydrogens (tertiary/aromatic N) is 3. The molecule has 1 fully saturated rings. The van der Waals surface area contributed by atoms with Crippen LogP contribution in [0.25, 0.3) is 0 Å². The summed E-state index contributed by atoms with van der Waals surface area (Å²) in [6.07, 6.45) is 0.150. The van der Waals surface area contributed by atoms with Crippen LogP contribution in [-0.4, -0.2) is 29.1 Å². The monoisotopic (exact) mass is 309 g/mol. The highest BCUT2D eigenvalue weighted by atomic mass is 32.1. The number of thiophene rings is 1. The molecule has 1 saturated heterocycles. The zero-order chi connectivity index (χ0) is 14.2. The number of aromatic nitrogens is 2. The van der Waals surface area contributed by atoms with Crippen LogP contribution in [0.1, 0.15) is 38.3 Å². The van der Waals surface area contributed by atoms with Crippen LogP contribution >= 0.6 is 22.9 Å². The molecule has 20 heavy (non-hydrogen) atoms. The van der Waals surface area contributed by atoms with Crippen molar-refractivity contribution in [3.8, 4) is 0 Å². The molecule has 0 spiro atoms. The van der Waals surface area contributed by atoms with Crippen molar-refractivity contribution in [1.29, 1.82) is 0 Å². The van der Waals surface area contributed by atoms with Gasteiger partial charge in [0.2, 0.25) is 5.13 Å². The van der Waals surface area contributed by atoms with Crippen LogP contribution in [0.5, 0.6) is 0 Å². The molecule has 1 atom stereocenters. The first-order valence-corrected chi connectivity index (χ1v) is 8.48. The Morgan fingerprint density at radius 3 is 2.90 bits per heavy atom. The Hall–Kier alpha value is -0.980. The summed E-state index contributed by atoms with van der Waals surface area (Å²) in [5, 5.41) is 5.27. The Balaban J connectivity index is 1.75. The van der Waals surface area contributed by atoms with E-state index < -0.39 is 0 Å². The number of morpholine rings is 1. The number of anilines is 1. The maximum Gasteiger partial charge on any atom is 0.205 e. The standard InChI is InChI=1S/C14H19N3OS2/c1-14(2,3)12-15-13(20-16-12)17-5-6-18-11(8-17)10-4-7-19-9-10/h4,7,9,11H,5-6,8H2,1-3H3. The molecule has 4 nitrogen and oxygen atoms in total. The zero-order valence-corrected chi connectivity index (χ0v) is 13.6. The van der Waals surface area contributed by atoms with E-state index in [1.807, 2.05) is 0 Å². The van der Waals surface area contributed by atoms with Gasteiger partial charge in [-0.1, -0.05) is 20.8 Å². The second-order valence-electron chi connectivity index (χ2n) is 6.01. The van der Waals surface area contributed by atoms with Gasteiger partial charge in [0.25, 0.3) is 0 Å². The maximum atomic E-state index is 5.87. The van der Waals surface area contributed by atoms with Crippen molar-refractivity contribution in [2.24, 2.45) is 0 Å². The predicted octanol–water partition coefficient (Wildman–Crippen LogP) is 3.48. The largest absolute Gasteiger partial charge is 0.370 e. The molecular formula is C14H19N3OS2. The fourth-order valence-corrected chi connectivity index (χ4v) is 3.72. The van der Waals surface area contributed by atoms with E-state index in [4.69, 9.17) is 9.72 Å². The Bertz CT molecular complexity index is 559. The number of ether oxygens (including phenoxy) is 1. The molecule has 1 aliphatic heterocycles. The van der Waals surface area contributed by atoms with E-state index in [-0.39, 0.29) is 11.5 Å². The summed E-state index contributed by atoms with van der Waals surface area (Å²) in [6, 6.07) is 2.14. The van der Waals surface area contributed by atoms with E-state index in [0.717, 1.165) is 30.7 Å². The SMILES string of the molecule is CC(C)(C)c1nsc(N2CCOC(c3ccsc3)C2)n1. The molecule has 3 heterocycles. The first-order chi connectivity index (χ1) is 9.54. The third-order valence-electron chi connectivity index (χ3n) is 3.34. The quantitative estimate of drug-likeness (QED) is 0.851. The second-order valence-corrected chi connectivity index (χ2v) is 7.52. The molecule has 0 bridgehead atoms. The van der Waals surface area contributed by atoms with Crippen LogP contribution < -0.4 is 4.90 Å². The number of rotatable bonds is 2. The van der Waals surface area contributed by atoms with Gasteiger partial charge in [-0.05, 0) is 22.4 Å². The highest BCUT2D eigenvalue weighted by Crippen LogP contribution is 2.30. The molecule has 2 aromatic rings. The van der Waals surface area contributed by atoms with Crippen molar-refractivity contribution >= 4 is 28.0 Å². The molecule has 1 unspecified atom stereocenters. The lowest BCUT2D eigenvalue weighted by atomic mass is 9.96. The second kappa shape index (κ2) is 5.42. The van der Waals surface area contributed by atoms with Gasteiger partial charge in [0.1, 0.15) is 11.9 Å². The average molecular weight is 309 g/mol. The van der Waals surface area contributed by atoms with Crippen LogP contribution in [0.3, 0.4) is 0 Å². The maximum absolute atomic E-state index is 5.87. The van der Waals surface area contributed by atoms with Gasteiger partial charge in [-0.15, -0.1) is 0 Å². The third-order valence-corrected chi connectivity index (χ3v) is 4.82. The van der Waals surface area contributed by atoms with Gasteiger partial charge in [-0.3, -0.25) is 0 Å². The minimum atomic E-state index is 0.00773. The van der Waals surface area contributed by atoms with Crippen molar-refractivity contribution in [2.45, 2.75) is 32.3 Å². The third kappa shape index (κ3) is 2.87. The summed E-state index contributed by atoms with van der Waals surface area (Å²) < 4.78 is 10.4. The summed E-state index contributed by atoms with van der Waals surface area (Å²) in [5.74, 6) is 0.927. The van der Waals surface area contributed by atoms with E-state index in [2.05, 4.69) is 46.9 Å². The molecule has 6 heteroatoms. The molecule has 2 aromatic heterocycles. The molecule has 0 saturated carbocycles. The van der Waals surface area contributed by atoms with Crippen LogP contribution in [0.15, 0.2) is 16.8 Å². The van der Waals surface area contributed by atoms with Crippen molar-refractivity contribution in [3.05, 3.63) is 28.2 Å². The lowest BCUT2D eigenvalue weighted by Crippen LogP contribution is -2.38. The highest BCUT2D eigenvalue weighted by Gasteiger charge is 2.26. The Morgan fingerprint density at radius 2 is 2.25 bits per heavy atom. The Labute approximate surface area is 127 Å². The van der Waals surface area contributed by atoms with E-state index >= 15 is 0 Å². The minimum Gasteiger partial charge on any atom is -0.370 e. The lowest BCUT2D eigenvalue weighted by Gasteiger charge is -2.32. The summed E-state index contributed by atoms with van der Waals surface area (Å²) in [6.45, 7) is 8.92. The minimum absolute atomic E-state index is 0.00773. The van der Waals surface area contributed by atoms with Crippen LogP contribution in [0, 0.1) is 0 Å². The molecule has 108 valence electrons. The molecule has 0 N–H and O–H groups in total. The van der Waals surface area contributed by atoms with Crippen molar-refractivity contribution < 1.29 is 4.74 Å². The summed E-state index contributed by atoms with van der Waals surface area (Å²) >= 11 is 3.21. The molecule has 0 amide bonds. The fourth-order valence-electron chi connectivity index (χ4n) is 2.13. The Kier molecular flexibility index (Phi) is 3.79. The first-order valence-electron chi connectivity index (χ1n) is 6.77. The topological polar surface area (TPSA) is 38.2 Å². The molecule has 0 radical (unpaired) electrons. The van der Waals surface area contributed by atoms with Gasteiger partial charge in [0.05, 0.1) is 13.2 Å². The number of hydrogen-bond donors (Lipinski definition) is 0. The predicted molar refractivity (Wildman–Crippen MR) is 83.8 cm³/mol. The van der Waals surface area contributed by atoms with Gasteiger partial charge in [-0.25, -0.2) is 4.98 Å². The molecule has 0 aromatic carbocycles. The molecule has 3 rings (SSSR count). The average Bonchev–Trinajstić information content (AvgIpc) is 3.10. The van der Waals surface area contributed by atoms with Gasteiger partial charge < -0.3 is 9.64 Å². The summed E-state index contributed by atoms with van der Waals surface area (Å²) in [4.78, 5) is 6.99. The normalized spacial score (nSPS) is 20.4. The van der Waals surface area contributed by atoms with Crippen molar-refractivity contribution in [3.63, 3.8) is 0 Å². The Morgan fingerprint density at radius 1 is 1.40 bits per heavy atom. The van der Waals surface area contributed by atoms with Crippen LogP contribution in [-0.2, 0) is 10.2 Å². The van der Waals surface area contributed by atoms with Crippen molar-refractivity contribution in [1.82, 2.24) is 9.36 Å². The molecule has 0 aliphatic carbocycles. The van der Waals surface area contributed by atoms with Crippen LogP contribution in [0.2, 0.25) is 0 Å². The van der Waals surface area contributed by atoms with E-state index in [1.165, 1.54) is 17.1 Å². The lowest BCUT2D eigenvalue weighted by molar-refractivity contribution is 0.0400. The van der Waals surface area contributed by atoms with E-state index in [0.29, 0.717) is 0 Å². The molecular weight excluding hydrogens is 290 g/mol. The summed E-state index contributed by atoms with van der Waals surface area (Å²) in [5.41, 5.74) is 1.27. The van der Waals surface area contributed by atoms with Gasteiger partial charge in [0.15, 0.2) is 0 Å². The van der Waals surface area contributed by atoms with Gasteiger partial charge >= 0.3 is 0 Å². The van der Waals surface area contributed by atoms with E-state index in [1.54, 1.807) is 11.3 Å². The number of hydrogen-bond acceptors (Lipinski definition) is 6. The smallest absolute Gasteiger partial charge is 0.205 e. The van der Waals surface area contributed by atoms with Gasteiger partial charge in [-0.2, -0.15) is 15.7 Å². The van der Waals surface area contributed by atoms with Crippen molar-refractivity contribution in [2.75, 3.05) is 24.6 Å². The highest BCUT2D eigenvalue weighted by molar-refractivity contribution is 7.09. The van der Waals surface area contributed by atoms with E-state index in [9.17, 15) is 0 Å². The van der Waals surface area contributed by atoms with Crippen LogP contribution in [0.4, 0.5) is 5.13 Å². The molecule has 1 aliphatic rings.